The highest BCUT2D eigenvalue weighted by atomic mass is 79.9. The third kappa shape index (κ3) is 1.88. The monoisotopic (exact) mass is 322 g/mol. The van der Waals surface area contributed by atoms with Crippen LogP contribution in [0.3, 0.4) is 0 Å². The summed E-state index contributed by atoms with van der Waals surface area (Å²) in [6.07, 6.45) is 4.80. The van der Waals surface area contributed by atoms with Crippen molar-refractivity contribution in [3.05, 3.63) is 15.9 Å². The van der Waals surface area contributed by atoms with E-state index in [2.05, 4.69) is 32.2 Å². The van der Waals surface area contributed by atoms with Crippen LogP contribution in [0.1, 0.15) is 54.2 Å². The summed E-state index contributed by atoms with van der Waals surface area (Å²) in [5.41, 5.74) is 0.775. The topological polar surface area (TPSA) is 72.8 Å². The van der Waals surface area contributed by atoms with Gasteiger partial charge in [0.25, 0.3) is 5.91 Å². The van der Waals surface area contributed by atoms with Gasteiger partial charge < -0.3 is 4.90 Å². The van der Waals surface area contributed by atoms with Crippen LogP contribution in [0.4, 0.5) is 0 Å². The van der Waals surface area contributed by atoms with E-state index in [1.54, 1.807) is 11.9 Å². The number of nitrogens with one attached hydrogen (secondary N) is 1. The number of aromatic amines is 1. The first-order valence-electron chi connectivity index (χ1n) is 6.52. The Morgan fingerprint density at radius 1 is 1.58 bits per heavy atom. The summed E-state index contributed by atoms with van der Waals surface area (Å²) in [6.45, 7) is 0. The van der Waals surface area contributed by atoms with Crippen LogP contribution in [0.2, 0.25) is 0 Å². The van der Waals surface area contributed by atoms with Crippen molar-refractivity contribution < 1.29 is 4.79 Å². The lowest BCUT2D eigenvalue weighted by atomic mass is 9.76. The molecule has 2 aliphatic rings. The van der Waals surface area contributed by atoms with Crippen LogP contribution in [-0.4, -0.2) is 33.6 Å². The minimum absolute atomic E-state index is 0.184. The zero-order valence-electron chi connectivity index (χ0n) is 10.7. The van der Waals surface area contributed by atoms with Crippen molar-refractivity contribution in [3.63, 3.8) is 0 Å². The molecule has 0 saturated heterocycles. The molecule has 5 nitrogen and oxygen atoms in total. The number of halogens is 1. The number of carbonyl (C=O) groups excluding carboxylic acids is 1. The number of aromatic nitrogens is 2. The molecule has 0 bridgehead atoms. The van der Waals surface area contributed by atoms with E-state index in [1.807, 2.05) is 0 Å². The summed E-state index contributed by atoms with van der Waals surface area (Å²) in [5, 5.41) is 16.4. The predicted octanol–water partition coefficient (Wildman–Crippen LogP) is 2.57. The molecule has 0 aliphatic heterocycles. The lowest BCUT2D eigenvalue weighted by Crippen LogP contribution is -2.53. The largest absolute Gasteiger partial charge is 0.322 e. The van der Waals surface area contributed by atoms with Crippen molar-refractivity contribution in [2.75, 3.05) is 7.05 Å². The molecule has 0 unspecified atom stereocenters. The zero-order valence-corrected chi connectivity index (χ0v) is 12.3. The molecule has 2 aliphatic carbocycles. The number of nitrogens with zero attached hydrogens (tertiary/aromatic N) is 3. The van der Waals surface area contributed by atoms with E-state index in [1.165, 1.54) is 0 Å². The Bertz CT molecular complexity index is 566. The van der Waals surface area contributed by atoms with Gasteiger partial charge >= 0.3 is 0 Å². The zero-order chi connectivity index (χ0) is 13.6. The lowest BCUT2D eigenvalue weighted by molar-refractivity contribution is 0.0491. The molecule has 2 saturated carbocycles. The third-order valence-corrected chi connectivity index (χ3v) is 5.06. The summed E-state index contributed by atoms with van der Waals surface area (Å²) in [7, 11) is 1.70. The van der Waals surface area contributed by atoms with Gasteiger partial charge in [0.15, 0.2) is 5.69 Å². The van der Waals surface area contributed by atoms with Crippen LogP contribution in [0.25, 0.3) is 0 Å². The van der Waals surface area contributed by atoms with Crippen molar-refractivity contribution in [1.29, 1.82) is 5.26 Å². The van der Waals surface area contributed by atoms with Crippen LogP contribution < -0.4 is 0 Å². The maximum atomic E-state index is 12.5. The molecule has 1 aromatic heterocycles. The number of rotatable bonds is 3. The van der Waals surface area contributed by atoms with E-state index in [0.29, 0.717) is 11.6 Å². The maximum absolute atomic E-state index is 12.5. The fraction of sp³-hybridized carbons (Fsp3) is 0.615. The van der Waals surface area contributed by atoms with E-state index in [4.69, 9.17) is 0 Å². The summed E-state index contributed by atoms with van der Waals surface area (Å²) >= 11 is 3.47. The Hall–Kier alpha value is -1.35. The quantitative estimate of drug-likeness (QED) is 0.929. The molecule has 6 heteroatoms. The van der Waals surface area contributed by atoms with Crippen LogP contribution in [0.5, 0.6) is 0 Å². The standard InChI is InChI=1S/C13H15BrN4O/c1-18(13(7-15)5-2-6-13)12(19)11-9(14)10(16-17-11)8-3-4-8/h8H,2-6H2,1H3,(H,16,17). The Labute approximate surface area is 120 Å². The SMILES string of the molecule is CN(C(=O)c1n[nH]c(C2CC2)c1Br)C1(C#N)CCC1. The highest BCUT2D eigenvalue weighted by Gasteiger charge is 2.44. The van der Waals surface area contributed by atoms with Crippen molar-refractivity contribution in [3.8, 4) is 6.07 Å². The van der Waals surface area contributed by atoms with Gasteiger partial charge in [-0.3, -0.25) is 9.89 Å². The van der Waals surface area contributed by atoms with E-state index >= 15 is 0 Å². The van der Waals surface area contributed by atoms with E-state index in [9.17, 15) is 10.1 Å². The fourth-order valence-electron chi connectivity index (χ4n) is 2.51. The first-order valence-corrected chi connectivity index (χ1v) is 7.31. The Morgan fingerprint density at radius 3 is 2.74 bits per heavy atom. The molecule has 2 fully saturated rings. The van der Waals surface area contributed by atoms with Gasteiger partial charge in [0.05, 0.1) is 16.2 Å². The minimum Gasteiger partial charge on any atom is -0.322 e. The van der Waals surface area contributed by atoms with Crippen molar-refractivity contribution >= 4 is 21.8 Å². The number of carbonyl (C=O) groups is 1. The molecular formula is C13H15BrN4O. The molecule has 3 rings (SSSR count). The van der Waals surface area contributed by atoms with Crippen molar-refractivity contribution in [2.45, 2.75) is 43.6 Å². The van der Waals surface area contributed by atoms with Gasteiger partial charge in [-0.2, -0.15) is 10.4 Å². The second kappa shape index (κ2) is 4.34. The average molecular weight is 323 g/mol. The Morgan fingerprint density at radius 2 is 2.26 bits per heavy atom. The molecule has 19 heavy (non-hydrogen) atoms. The average Bonchev–Trinajstić information content (AvgIpc) is 3.11. The van der Waals surface area contributed by atoms with Gasteiger partial charge in [-0.15, -0.1) is 0 Å². The molecular weight excluding hydrogens is 308 g/mol. The highest BCUT2D eigenvalue weighted by molar-refractivity contribution is 9.10. The molecule has 1 aromatic rings. The van der Waals surface area contributed by atoms with Gasteiger partial charge in [0, 0.05) is 13.0 Å². The number of H-pyrrole nitrogens is 1. The number of hydrogen-bond acceptors (Lipinski definition) is 3. The normalized spacial score (nSPS) is 20.5. The first kappa shape index (κ1) is 12.7. The summed E-state index contributed by atoms with van der Waals surface area (Å²) < 4.78 is 0.763. The van der Waals surface area contributed by atoms with Crippen molar-refractivity contribution in [1.82, 2.24) is 15.1 Å². The van der Waals surface area contributed by atoms with Crippen LogP contribution in [0.15, 0.2) is 4.47 Å². The fourth-order valence-corrected chi connectivity index (χ4v) is 3.18. The molecule has 0 atom stereocenters. The van der Waals surface area contributed by atoms with Gasteiger partial charge in [-0.1, -0.05) is 0 Å². The van der Waals surface area contributed by atoms with Crippen LogP contribution in [-0.2, 0) is 0 Å². The molecule has 100 valence electrons. The van der Waals surface area contributed by atoms with Gasteiger partial charge in [-0.25, -0.2) is 0 Å². The third-order valence-electron chi connectivity index (χ3n) is 4.26. The summed E-state index contributed by atoms with van der Waals surface area (Å²) in [4.78, 5) is 14.0. The summed E-state index contributed by atoms with van der Waals surface area (Å²) in [6, 6.07) is 2.28. The molecule has 1 amide bonds. The molecule has 0 spiro atoms. The van der Waals surface area contributed by atoms with E-state index in [0.717, 1.165) is 42.3 Å². The number of hydrogen-bond donors (Lipinski definition) is 1. The Kier molecular flexibility index (Phi) is 2.90. The number of nitriles is 1. The lowest BCUT2D eigenvalue weighted by Gasteiger charge is -2.42. The summed E-state index contributed by atoms with van der Waals surface area (Å²) in [5.74, 6) is 0.318. The van der Waals surface area contributed by atoms with E-state index < -0.39 is 5.54 Å². The van der Waals surface area contributed by atoms with E-state index in [-0.39, 0.29) is 5.91 Å². The van der Waals surface area contributed by atoms with Gasteiger partial charge in [0.2, 0.25) is 0 Å². The molecule has 1 heterocycles. The minimum atomic E-state index is -0.630. The molecule has 1 N–H and O–H groups in total. The predicted molar refractivity (Wildman–Crippen MR) is 72.6 cm³/mol. The van der Waals surface area contributed by atoms with Crippen LogP contribution in [0, 0.1) is 11.3 Å². The maximum Gasteiger partial charge on any atom is 0.276 e. The van der Waals surface area contributed by atoms with Crippen LogP contribution >= 0.6 is 15.9 Å². The first-order chi connectivity index (χ1) is 9.09. The smallest absolute Gasteiger partial charge is 0.276 e. The molecule has 0 aromatic carbocycles. The van der Waals surface area contributed by atoms with Crippen molar-refractivity contribution in [2.24, 2.45) is 0 Å². The highest BCUT2D eigenvalue weighted by Crippen LogP contribution is 2.43. The second-order valence-electron chi connectivity index (χ2n) is 5.44. The number of amides is 1. The Balaban J connectivity index is 1.86. The van der Waals surface area contributed by atoms with Gasteiger partial charge in [0.1, 0.15) is 5.54 Å². The molecule has 0 radical (unpaired) electrons. The second-order valence-corrected chi connectivity index (χ2v) is 6.23. The van der Waals surface area contributed by atoms with Gasteiger partial charge in [-0.05, 0) is 48.0 Å².